The number of nitrogens with zero attached hydrogens (tertiary/aromatic N) is 1. The minimum atomic E-state index is -0.392. The van der Waals surface area contributed by atoms with Crippen LogP contribution in [0.1, 0.15) is 12.5 Å². The second kappa shape index (κ2) is 8.08. The lowest BCUT2D eigenvalue weighted by atomic mass is 10.1. The molecule has 0 saturated carbocycles. The molecular weight excluding hydrogens is 278 g/mol. The smallest absolute Gasteiger partial charge is 0.292 e. The number of benzene rings is 1. The Morgan fingerprint density at radius 1 is 1.50 bits per heavy atom. The van der Waals surface area contributed by atoms with Crippen molar-refractivity contribution in [3.05, 3.63) is 33.9 Å². The van der Waals surface area contributed by atoms with Gasteiger partial charge in [-0.1, -0.05) is 6.07 Å². The molecule has 0 amide bonds. The van der Waals surface area contributed by atoms with Crippen LogP contribution in [0.25, 0.3) is 0 Å². The Bertz CT molecular complexity index is 452. The zero-order valence-corrected chi connectivity index (χ0v) is 12.7. The second-order valence-corrected chi connectivity index (χ2v) is 5.56. The van der Waals surface area contributed by atoms with E-state index in [9.17, 15) is 15.2 Å². The number of nitrogens with one attached hydrogen (secondary N) is 2. The summed E-state index contributed by atoms with van der Waals surface area (Å²) in [5.74, 6) is 0. The highest BCUT2D eigenvalue weighted by molar-refractivity contribution is 7.99. The number of aliphatic hydroxyl groups excluding tert-OH is 1. The Balaban J connectivity index is 2.74. The molecule has 2 atom stereocenters. The van der Waals surface area contributed by atoms with Gasteiger partial charge in [0.05, 0.1) is 11.5 Å². The van der Waals surface area contributed by atoms with Gasteiger partial charge in [-0.05, 0) is 24.8 Å². The first-order valence-corrected chi connectivity index (χ1v) is 7.64. The summed E-state index contributed by atoms with van der Waals surface area (Å²) in [5.41, 5.74) is 1.42. The summed E-state index contributed by atoms with van der Waals surface area (Å²) in [4.78, 5) is 10.6. The molecular formula is C13H21N3O3S. The van der Waals surface area contributed by atoms with Gasteiger partial charge < -0.3 is 15.7 Å². The molecule has 0 saturated heterocycles. The molecule has 3 N–H and O–H groups in total. The van der Waals surface area contributed by atoms with Crippen molar-refractivity contribution in [2.24, 2.45) is 0 Å². The van der Waals surface area contributed by atoms with Gasteiger partial charge in [-0.3, -0.25) is 10.1 Å². The van der Waals surface area contributed by atoms with Gasteiger partial charge in [-0.2, -0.15) is 11.8 Å². The highest BCUT2D eigenvalue weighted by atomic mass is 32.2. The molecule has 6 nitrogen and oxygen atoms in total. The number of nitro benzene ring substituents is 1. The molecule has 0 radical (unpaired) electrons. The van der Waals surface area contributed by atoms with Crippen molar-refractivity contribution in [1.82, 2.24) is 5.32 Å². The largest absolute Gasteiger partial charge is 0.395 e. The lowest BCUT2D eigenvalue weighted by Gasteiger charge is -2.21. The van der Waals surface area contributed by atoms with Crippen LogP contribution in [0.5, 0.6) is 0 Å². The first-order valence-electron chi connectivity index (χ1n) is 6.35. The molecule has 7 heteroatoms. The molecule has 1 aromatic rings. The summed E-state index contributed by atoms with van der Waals surface area (Å²) in [6.07, 6.45) is 1.95. The second-order valence-electron chi connectivity index (χ2n) is 4.48. The number of hydrogen-bond acceptors (Lipinski definition) is 6. The van der Waals surface area contributed by atoms with Gasteiger partial charge in [0.1, 0.15) is 5.69 Å². The number of aliphatic hydroxyl groups is 1. The van der Waals surface area contributed by atoms with Crippen LogP contribution in [0.4, 0.5) is 11.4 Å². The van der Waals surface area contributed by atoms with E-state index in [0.29, 0.717) is 12.2 Å². The van der Waals surface area contributed by atoms with Crippen LogP contribution in [0, 0.1) is 10.1 Å². The van der Waals surface area contributed by atoms with E-state index in [1.165, 1.54) is 0 Å². The van der Waals surface area contributed by atoms with Crippen LogP contribution in [-0.4, -0.2) is 41.2 Å². The quantitative estimate of drug-likeness (QED) is 0.501. The predicted octanol–water partition coefficient (Wildman–Crippen LogP) is 1.84. The first-order chi connectivity index (χ1) is 9.53. The topological polar surface area (TPSA) is 87.4 Å². The number of anilines is 1. The SMILES string of the molecule is CNc1ccc(CNC(C)C(CO)SC)cc1[N+](=O)[O-]. The highest BCUT2D eigenvalue weighted by Gasteiger charge is 2.16. The summed E-state index contributed by atoms with van der Waals surface area (Å²) in [6.45, 7) is 2.63. The third kappa shape index (κ3) is 4.36. The number of rotatable bonds is 8. The van der Waals surface area contributed by atoms with Crippen molar-refractivity contribution < 1.29 is 10.0 Å². The van der Waals surface area contributed by atoms with E-state index in [1.54, 1.807) is 30.9 Å². The third-order valence-electron chi connectivity index (χ3n) is 3.20. The molecule has 0 bridgehead atoms. The van der Waals surface area contributed by atoms with Crippen molar-refractivity contribution in [1.29, 1.82) is 0 Å². The lowest BCUT2D eigenvalue weighted by Crippen LogP contribution is -2.37. The Labute approximate surface area is 123 Å². The fourth-order valence-electron chi connectivity index (χ4n) is 1.90. The molecule has 1 aromatic carbocycles. The fraction of sp³-hybridized carbons (Fsp3) is 0.538. The number of thioether (sulfide) groups is 1. The van der Waals surface area contributed by atoms with Crippen molar-refractivity contribution >= 4 is 23.1 Å². The first kappa shape index (κ1) is 16.7. The minimum absolute atomic E-state index is 0.0722. The zero-order chi connectivity index (χ0) is 15.1. The van der Waals surface area contributed by atoms with E-state index in [-0.39, 0.29) is 23.6 Å². The third-order valence-corrected chi connectivity index (χ3v) is 4.36. The van der Waals surface area contributed by atoms with Gasteiger partial charge in [0.2, 0.25) is 0 Å². The molecule has 0 heterocycles. The van der Waals surface area contributed by atoms with Crippen LogP contribution in [0.15, 0.2) is 18.2 Å². The molecule has 0 aliphatic heterocycles. The van der Waals surface area contributed by atoms with Gasteiger partial charge in [-0.25, -0.2) is 0 Å². The van der Waals surface area contributed by atoms with Crippen LogP contribution in [0.3, 0.4) is 0 Å². The molecule has 1 rings (SSSR count). The van der Waals surface area contributed by atoms with E-state index < -0.39 is 4.92 Å². The standard InChI is InChI=1S/C13H21N3O3S/c1-9(13(8-17)20-3)15-7-10-4-5-11(14-2)12(6-10)16(18)19/h4-6,9,13-15,17H,7-8H2,1-3H3. The lowest BCUT2D eigenvalue weighted by molar-refractivity contribution is -0.384. The van der Waals surface area contributed by atoms with Gasteiger partial charge in [0.25, 0.3) is 5.69 Å². The average molecular weight is 299 g/mol. The molecule has 2 unspecified atom stereocenters. The maximum absolute atomic E-state index is 11.0. The van der Waals surface area contributed by atoms with Gasteiger partial charge in [-0.15, -0.1) is 0 Å². The van der Waals surface area contributed by atoms with Gasteiger partial charge >= 0.3 is 0 Å². The molecule has 0 aromatic heterocycles. The summed E-state index contributed by atoms with van der Waals surface area (Å²) in [6, 6.07) is 5.25. The Morgan fingerprint density at radius 3 is 2.70 bits per heavy atom. The minimum Gasteiger partial charge on any atom is -0.395 e. The molecule has 0 spiro atoms. The molecule has 0 aliphatic rings. The van der Waals surface area contributed by atoms with Crippen molar-refractivity contribution in [2.45, 2.75) is 24.8 Å². The number of nitro groups is 1. The van der Waals surface area contributed by atoms with Crippen molar-refractivity contribution in [3.63, 3.8) is 0 Å². The van der Waals surface area contributed by atoms with E-state index >= 15 is 0 Å². The molecule has 112 valence electrons. The summed E-state index contributed by atoms with van der Waals surface area (Å²) in [5, 5.41) is 26.4. The molecule has 0 aliphatic carbocycles. The van der Waals surface area contributed by atoms with E-state index in [4.69, 9.17) is 0 Å². The Kier molecular flexibility index (Phi) is 6.77. The molecule has 20 heavy (non-hydrogen) atoms. The normalized spacial score (nSPS) is 13.8. The monoisotopic (exact) mass is 299 g/mol. The highest BCUT2D eigenvalue weighted by Crippen LogP contribution is 2.25. The Hall–Kier alpha value is -1.31. The summed E-state index contributed by atoms with van der Waals surface area (Å²) >= 11 is 1.60. The molecule has 0 fully saturated rings. The maximum Gasteiger partial charge on any atom is 0.292 e. The number of hydrogen-bond donors (Lipinski definition) is 3. The predicted molar refractivity (Wildman–Crippen MR) is 83.3 cm³/mol. The average Bonchev–Trinajstić information content (AvgIpc) is 2.46. The van der Waals surface area contributed by atoms with Crippen LogP contribution in [-0.2, 0) is 6.54 Å². The summed E-state index contributed by atoms with van der Waals surface area (Å²) < 4.78 is 0. The van der Waals surface area contributed by atoms with Crippen molar-refractivity contribution in [3.8, 4) is 0 Å². The van der Waals surface area contributed by atoms with E-state index in [0.717, 1.165) is 5.56 Å². The van der Waals surface area contributed by atoms with E-state index in [1.807, 2.05) is 19.2 Å². The zero-order valence-electron chi connectivity index (χ0n) is 11.9. The summed E-state index contributed by atoms with van der Waals surface area (Å²) in [7, 11) is 1.66. The van der Waals surface area contributed by atoms with E-state index in [2.05, 4.69) is 10.6 Å². The van der Waals surface area contributed by atoms with Gasteiger partial charge in [0.15, 0.2) is 0 Å². The van der Waals surface area contributed by atoms with Crippen molar-refractivity contribution in [2.75, 3.05) is 25.2 Å². The van der Waals surface area contributed by atoms with Gasteiger partial charge in [0, 0.05) is 31.0 Å². The fourth-order valence-corrected chi connectivity index (χ4v) is 2.55. The van der Waals surface area contributed by atoms with Crippen LogP contribution >= 0.6 is 11.8 Å². The van der Waals surface area contributed by atoms with Crippen LogP contribution < -0.4 is 10.6 Å². The maximum atomic E-state index is 11.0. The Morgan fingerprint density at radius 2 is 2.20 bits per heavy atom. The van der Waals surface area contributed by atoms with Crippen LogP contribution in [0.2, 0.25) is 0 Å².